The average Bonchev–Trinajstić information content (AvgIpc) is 3.01. The molecule has 0 spiro atoms. The Morgan fingerprint density at radius 3 is 2.67 bits per heavy atom. The maximum Gasteiger partial charge on any atom is 0.387 e. The van der Waals surface area contributed by atoms with Crippen molar-refractivity contribution in [2.75, 3.05) is 7.11 Å². The number of primary amides is 1. The molecule has 30 heavy (non-hydrogen) atoms. The zero-order chi connectivity index (χ0) is 21.3. The molecule has 0 unspecified atom stereocenters. The van der Waals surface area contributed by atoms with Crippen LogP contribution in [0, 0.1) is 6.07 Å². The molecule has 0 saturated carbocycles. The second-order valence-electron chi connectivity index (χ2n) is 6.88. The number of halogens is 2. The molecule has 1 radical (unpaired) electrons. The molecule has 0 bridgehead atoms. The third kappa shape index (κ3) is 3.71. The van der Waals surface area contributed by atoms with E-state index in [2.05, 4.69) is 10.8 Å². The fourth-order valence-corrected chi connectivity index (χ4v) is 3.73. The number of methoxy groups -OCH3 is 1. The fraction of sp³-hybridized carbons (Fsp3) is 0.174. The van der Waals surface area contributed by atoms with Gasteiger partial charge in [-0.15, -0.1) is 0 Å². The lowest BCUT2D eigenvalue weighted by molar-refractivity contribution is -0.0498. The van der Waals surface area contributed by atoms with Crippen LogP contribution < -0.4 is 10.5 Å². The van der Waals surface area contributed by atoms with Crippen LogP contribution in [0.4, 0.5) is 8.78 Å². The van der Waals surface area contributed by atoms with E-state index in [9.17, 15) is 13.6 Å². The molecule has 0 aliphatic heterocycles. The van der Waals surface area contributed by atoms with Crippen LogP contribution in [-0.2, 0) is 17.9 Å². The lowest BCUT2D eigenvalue weighted by Gasteiger charge is -2.11. The number of hydrogen-bond acceptors (Lipinski definition) is 3. The average molecular weight is 409 g/mol. The molecule has 0 aliphatic rings. The minimum absolute atomic E-state index is 0.0905. The van der Waals surface area contributed by atoms with E-state index in [-0.39, 0.29) is 5.75 Å². The van der Waals surface area contributed by atoms with E-state index in [0.717, 1.165) is 27.5 Å². The maximum absolute atomic E-state index is 12.6. The summed E-state index contributed by atoms with van der Waals surface area (Å²) < 4.78 is 37.0. The maximum atomic E-state index is 12.6. The quantitative estimate of drug-likeness (QED) is 0.489. The zero-order valence-corrected chi connectivity index (χ0v) is 16.2. The van der Waals surface area contributed by atoms with E-state index in [1.165, 1.54) is 6.07 Å². The van der Waals surface area contributed by atoms with Crippen molar-refractivity contribution in [2.45, 2.75) is 19.8 Å². The first-order valence-electron chi connectivity index (χ1n) is 9.26. The standard InChI is InChI=1S/C23H19F2N2O3/c1-29-13-15-8-9-17-20(11-15)27(19-7-3-6-18(21(17)19)22(26)28)12-14-4-2-5-16(10-14)30-23(24)25/h2-8,10-11,23H,12-13H2,1H3,(H2,26,28). The molecular weight excluding hydrogens is 390 g/mol. The molecule has 0 fully saturated rings. The highest BCUT2D eigenvalue weighted by Gasteiger charge is 2.17. The summed E-state index contributed by atoms with van der Waals surface area (Å²) in [6, 6.07) is 18.9. The number of amides is 1. The van der Waals surface area contributed by atoms with Gasteiger partial charge in [-0.1, -0.05) is 18.2 Å². The Bertz CT molecular complexity index is 1230. The Morgan fingerprint density at radius 1 is 1.13 bits per heavy atom. The smallest absolute Gasteiger partial charge is 0.387 e. The van der Waals surface area contributed by atoms with E-state index in [1.807, 2.05) is 28.8 Å². The summed E-state index contributed by atoms with van der Waals surface area (Å²) in [5.41, 5.74) is 9.34. The van der Waals surface area contributed by atoms with Crippen molar-refractivity contribution in [3.8, 4) is 5.75 Å². The second-order valence-corrected chi connectivity index (χ2v) is 6.88. The number of ether oxygens (including phenoxy) is 2. The highest BCUT2D eigenvalue weighted by Crippen LogP contribution is 2.33. The lowest BCUT2D eigenvalue weighted by atomic mass is 10.0. The van der Waals surface area contributed by atoms with Crippen LogP contribution in [0.15, 0.2) is 54.6 Å². The van der Waals surface area contributed by atoms with Crippen molar-refractivity contribution in [1.82, 2.24) is 4.57 Å². The molecular formula is C23H19F2N2O3. The molecule has 0 atom stereocenters. The van der Waals surface area contributed by atoms with Crippen LogP contribution in [0.1, 0.15) is 21.5 Å². The van der Waals surface area contributed by atoms with E-state index < -0.39 is 12.5 Å². The summed E-state index contributed by atoms with van der Waals surface area (Å²) in [6.45, 7) is -2.10. The number of hydrogen-bond donors (Lipinski definition) is 1. The van der Waals surface area contributed by atoms with E-state index in [1.54, 1.807) is 31.4 Å². The van der Waals surface area contributed by atoms with Crippen LogP contribution in [0.2, 0.25) is 0 Å². The molecule has 7 heteroatoms. The van der Waals surface area contributed by atoms with Gasteiger partial charge in [-0.2, -0.15) is 8.78 Å². The second kappa shape index (κ2) is 8.12. The van der Waals surface area contributed by atoms with Crippen LogP contribution >= 0.6 is 0 Å². The monoisotopic (exact) mass is 409 g/mol. The van der Waals surface area contributed by atoms with Crippen LogP contribution in [-0.4, -0.2) is 24.2 Å². The normalized spacial score (nSPS) is 11.5. The predicted molar refractivity (Wildman–Crippen MR) is 110 cm³/mol. The molecule has 4 aromatic rings. The van der Waals surface area contributed by atoms with Gasteiger partial charge in [0.1, 0.15) is 5.75 Å². The topological polar surface area (TPSA) is 66.5 Å². The first kappa shape index (κ1) is 19.8. The van der Waals surface area contributed by atoms with Crippen LogP contribution in [0.25, 0.3) is 21.8 Å². The number of carbonyl (C=O) groups is 1. The third-order valence-electron chi connectivity index (χ3n) is 4.89. The first-order valence-corrected chi connectivity index (χ1v) is 9.26. The Kier molecular flexibility index (Phi) is 5.37. The minimum Gasteiger partial charge on any atom is -0.435 e. The molecule has 2 N–H and O–H groups in total. The first-order chi connectivity index (χ1) is 14.5. The van der Waals surface area contributed by atoms with Crippen molar-refractivity contribution < 1.29 is 23.0 Å². The van der Waals surface area contributed by atoms with Gasteiger partial charge in [-0.25, -0.2) is 0 Å². The van der Waals surface area contributed by atoms with Gasteiger partial charge >= 0.3 is 6.61 Å². The van der Waals surface area contributed by atoms with Gasteiger partial charge in [0.2, 0.25) is 5.91 Å². The molecule has 1 heterocycles. The van der Waals surface area contributed by atoms with Gasteiger partial charge in [0.05, 0.1) is 17.6 Å². The van der Waals surface area contributed by atoms with Gasteiger partial charge < -0.3 is 19.8 Å². The van der Waals surface area contributed by atoms with Gasteiger partial charge in [-0.3, -0.25) is 4.79 Å². The van der Waals surface area contributed by atoms with Crippen molar-refractivity contribution in [3.63, 3.8) is 0 Å². The van der Waals surface area contributed by atoms with E-state index in [4.69, 9.17) is 10.5 Å². The number of nitrogens with zero attached hydrogens (tertiary/aromatic N) is 1. The van der Waals surface area contributed by atoms with Crippen molar-refractivity contribution in [2.24, 2.45) is 5.73 Å². The number of benzene rings is 3. The van der Waals surface area contributed by atoms with E-state index in [0.29, 0.717) is 24.1 Å². The highest BCUT2D eigenvalue weighted by molar-refractivity contribution is 6.17. The molecule has 5 nitrogen and oxygen atoms in total. The zero-order valence-electron chi connectivity index (χ0n) is 16.2. The minimum atomic E-state index is -2.89. The van der Waals surface area contributed by atoms with Gasteiger partial charge in [0.15, 0.2) is 0 Å². The van der Waals surface area contributed by atoms with Gasteiger partial charge in [0.25, 0.3) is 0 Å². The largest absolute Gasteiger partial charge is 0.435 e. The number of alkyl halides is 2. The summed E-state index contributed by atoms with van der Waals surface area (Å²) in [6.07, 6.45) is 0. The molecule has 0 aliphatic carbocycles. The molecule has 0 saturated heterocycles. The number of fused-ring (bicyclic) bond motifs is 3. The molecule has 153 valence electrons. The third-order valence-corrected chi connectivity index (χ3v) is 4.89. The highest BCUT2D eigenvalue weighted by atomic mass is 19.3. The predicted octanol–water partition coefficient (Wildman–Crippen LogP) is 4.49. The van der Waals surface area contributed by atoms with Crippen LogP contribution in [0.3, 0.4) is 0 Å². The number of carbonyl (C=O) groups excluding carboxylic acids is 1. The number of aromatic nitrogens is 1. The summed E-state index contributed by atoms with van der Waals surface area (Å²) in [7, 11) is 1.61. The van der Waals surface area contributed by atoms with E-state index >= 15 is 0 Å². The number of nitrogens with two attached hydrogens (primary N) is 1. The van der Waals surface area contributed by atoms with Crippen LogP contribution in [0.5, 0.6) is 5.75 Å². The van der Waals surface area contributed by atoms with Crippen molar-refractivity contribution in [1.29, 1.82) is 0 Å². The Hall–Kier alpha value is -3.45. The van der Waals surface area contributed by atoms with Gasteiger partial charge in [0, 0.05) is 30.0 Å². The Morgan fingerprint density at radius 2 is 1.93 bits per heavy atom. The summed E-state index contributed by atoms with van der Waals surface area (Å²) in [5, 5.41) is 1.48. The Balaban J connectivity index is 1.91. The molecule has 1 aromatic heterocycles. The van der Waals surface area contributed by atoms with Gasteiger partial charge in [-0.05, 0) is 53.6 Å². The number of rotatable bonds is 7. The molecule has 3 aromatic carbocycles. The SMILES string of the molecule is COCc1c[c]c2c3c(C(N)=O)cccc3n(Cc3cccc(OC(F)F)c3)c2c1. The van der Waals surface area contributed by atoms with Crippen molar-refractivity contribution >= 4 is 27.7 Å². The lowest BCUT2D eigenvalue weighted by Crippen LogP contribution is -2.11. The summed E-state index contributed by atoms with van der Waals surface area (Å²) >= 11 is 0. The molecule has 1 amide bonds. The molecule has 4 rings (SSSR count). The fourth-order valence-electron chi connectivity index (χ4n) is 3.73. The Labute approximate surface area is 171 Å². The summed E-state index contributed by atoms with van der Waals surface area (Å²) in [4.78, 5) is 12.0. The summed E-state index contributed by atoms with van der Waals surface area (Å²) in [5.74, 6) is -0.436. The van der Waals surface area contributed by atoms with Crippen molar-refractivity contribution in [3.05, 3.63) is 77.4 Å².